The van der Waals surface area contributed by atoms with Crippen molar-refractivity contribution in [2.45, 2.75) is 19.1 Å². The summed E-state index contributed by atoms with van der Waals surface area (Å²) in [6.45, 7) is 2.89. The number of hydrogen-bond acceptors (Lipinski definition) is 3. The van der Waals surface area contributed by atoms with Crippen molar-refractivity contribution in [3.8, 4) is 0 Å². The lowest BCUT2D eigenvalue weighted by molar-refractivity contribution is -0.0956. The van der Waals surface area contributed by atoms with Gasteiger partial charge < -0.3 is 19.4 Å². The fourth-order valence-electron chi connectivity index (χ4n) is 3.41. The maximum absolute atomic E-state index is 12.7. The number of hydrogen-bond donors (Lipinski definition) is 1. The number of nitrogens with zero attached hydrogens (tertiary/aromatic N) is 1. The molecule has 0 atom stereocenters. The minimum atomic E-state index is -0.0716. The summed E-state index contributed by atoms with van der Waals surface area (Å²) < 4.78 is 12.2. The molecule has 2 aliphatic heterocycles. The van der Waals surface area contributed by atoms with Crippen molar-refractivity contribution >= 4 is 32.7 Å². The van der Waals surface area contributed by atoms with Gasteiger partial charge in [-0.25, -0.2) is 0 Å². The first-order valence-electron chi connectivity index (χ1n) is 8.01. The number of halogens is 1. The molecule has 0 bridgehead atoms. The highest BCUT2D eigenvalue weighted by molar-refractivity contribution is 9.10. The van der Waals surface area contributed by atoms with Crippen LogP contribution in [0.15, 0.2) is 28.7 Å². The molecule has 6 heteroatoms. The first-order valence-corrected chi connectivity index (χ1v) is 8.81. The summed E-state index contributed by atoms with van der Waals surface area (Å²) in [5.74, 6) is 0.476. The molecule has 2 aliphatic rings. The second kappa shape index (κ2) is 6.26. The Hall–Kier alpha value is -1.37. The van der Waals surface area contributed by atoms with E-state index in [4.69, 9.17) is 9.47 Å². The van der Waals surface area contributed by atoms with E-state index in [2.05, 4.69) is 20.9 Å². The van der Waals surface area contributed by atoms with E-state index in [9.17, 15) is 4.79 Å². The average Bonchev–Trinajstić information content (AvgIpc) is 3.23. The van der Waals surface area contributed by atoms with Crippen LogP contribution in [0.4, 0.5) is 0 Å². The van der Waals surface area contributed by atoms with E-state index in [-0.39, 0.29) is 12.2 Å². The summed E-state index contributed by atoms with van der Waals surface area (Å²) in [6, 6.07) is 7.91. The Kier molecular flexibility index (Phi) is 4.13. The molecule has 2 aromatic rings. The van der Waals surface area contributed by atoms with E-state index < -0.39 is 0 Å². The number of amides is 1. The molecule has 1 N–H and O–H groups in total. The highest BCUT2D eigenvalue weighted by atomic mass is 79.9. The quantitative estimate of drug-likeness (QED) is 0.872. The van der Waals surface area contributed by atoms with Gasteiger partial charge in [0.15, 0.2) is 6.29 Å². The molecule has 1 amide bonds. The number of carbonyl (C=O) groups is 1. The predicted molar refractivity (Wildman–Crippen MR) is 90.3 cm³/mol. The lowest BCUT2D eigenvalue weighted by atomic mass is 9.96. The lowest BCUT2D eigenvalue weighted by Crippen LogP contribution is -2.41. The van der Waals surface area contributed by atoms with Crippen LogP contribution in [0.2, 0.25) is 0 Å². The molecule has 2 saturated heterocycles. The third-order valence-corrected chi connectivity index (χ3v) is 5.17. The van der Waals surface area contributed by atoms with Crippen LogP contribution in [-0.4, -0.2) is 48.4 Å². The number of piperidine rings is 1. The maximum Gasteiger partial charge on any atom is 0.270 e. The Morgan fingerprint density at radius 3 is 2.65 bits per heavy atom. The van der Waals surface area contributed by atoms with Gasteiger partial charge in [-0.1, -0.05) is 22.0 Å². The van der Waals surface area contributed by atoms with Gasteiger partial charge in [-0.05, 0) is 31.0 Å². The van der Waals surface area contributed by atoms with Crippen LogP contribution < -0.4 is 0 Å². The molecule has 1 aromatic carbocycles. The van der Waals surface area contributed by atoms with Crippen LogP contribution in [0.3, 0.4) is 0 Å². The van der Waals surface area contributed by atoms with Gasteiger partial charge in [0.1, 0.15) is 5.69 Å². The first kappa shape index (κ1) is 15.2. The van der Waals surface area contributed by atoms with Gasteiger partial charge in [0.05, 0.1) is 13.2 Å². The van der Waals surface area contributed by atoms with Crippen molar-refractivity contribution in [3.05, 3.63) is 34.4 Å². The number of fused-ring (bicyclic) bond motifs is 1. The third kappa shape index (κ3) is 3.03. The van der Waals surface area contributed by atoms with E-state index in [1.54, 1.807) is 0 Å². The van der Waals surface area contributed by atoms with Gasteiger partial charge in [-0.15, -0.1) is 0 Å². The molecule has 4 rings (SSSR count). The number of aromatic nitrogens is 1. The molecule has 0 spiro atoms. The zero-order chi connectivity index (χ0) is 15.8. The lowest BCUT2D eigenvalue weighted by Gasteiger charge is -2.33. The highest BCUT2D eigenvalue weighted by Crippen LogP contribution is 2.27. The minimum absolute atomic E-state index is 0.0716. The molecule has 2 fully saturated rings. The smallest absolute Gasteiger partial charge is 0.270 e. The van der Waals surface area contributed by atoms with E-state index in [1.165, 1.54) is 0 Å². The summed E-state index contributed by atoms with van der Waals surface area (Å²) in [5, 5.41) is 1.05. The zero-order valence-electron chi connectivity index (χ0n) is 12.8. The fourth-order valence-corrected chi connectivity index (χ4v) is 3.77. The molecule has 23 heavy (non-hydrogen) atoms. The van der Waals surface area contributed by atoms with Crippen LogP contribution in [0.25, 0.3) is 10.9 Å². The second-order valence-electron chi connectivity index (χ2n) is 6.15. The van der Waals surface area contributed by atoms with Gasteiger partial charge in [0.25, 0.3) is 5.91 Å². The Morgan fingerprint density at radius 1 is 1.17 bits per heavy atom. The van der Waals surface area contributed by atoms with Crippen LogP contribution in [0.1, 0.15) is 23.3 Å². The Bertz CT molecular complexity index is 716. The maximum atomic E-state index is 12.7. The Balaban J connectivity index is 1.44. The monoisotopic (exact) mass is 378 g/mol. The van der Waals surface area contributed by atoms with Crippen LogP contribution >= 0.6 is 15.9 Å². The number of rotatable bonds is 2. The molecule has 0 radical (unpaired) electrons. The predicted octanol–water partition coefficient (Wildman–Crippen LogP) is 3.16. The number of benzene rings is 1. The van der Waals surface area contributed by atoms with Gasteiger partial charge in [0.2, 0.25) is 0 Å². The number of nitrogens with one attached hydrogen (secondary N) is 1. The van der Waals surface area contributed by atoms with E-state index in [0.717, 1.165) is 41.3 Å². The summed E-state index contributed by atoms with van der Waals surface area (Å²) in [5.41, 5.74) is 1.63. The number of H-pyrrole nitrogens is 1. The summed E-state index contributed by atoms with van der Waals surface area (Å²) in [7, 11) is 0. The molecule has 0 saturated carbocycles. The molecule has 122 valence electrons. The molecule has 3 heterocycles. The van der Waals surface area contributed by atoms with Crippen molar-refractivity contribution in [2.24, 2.45) is 5.92 Å². The summed E-state index contributed by atoms with van der Waals surface area (Å²) in [4.78, 5) is 17.9. The Morgan fingerprint density at radius 2 is 1.91 bits per heavy atom. The second-order valence-corrected chi connectivity index (χ2v) is 7.07. The standard InChI is InChI=1S/C17H19BrN2O3/c18-13-2-1-12-9-15(19-14(12)10-13)16(21)20-5-3-11(4-6-20)17-22-7-8-23-17/h1-2,9-11,17,19H,3-8H2. The van der Waals surface area contributed by atoms with E-state index in [0.29, 0.717) is 24.8 Å². The molecule has 5 nitrogen and oxygen atoms in total. The van der Waals surface area contributed by atoms with Crippen molar-refractivity contribution in [2.75, 3.05) is 26.3 Å². The summed E-state index contributed by atoms with van der Waals surface area (Å²) >= 11 is 3.46. The van der Waals surface area contributed by atoms with Gasteiger partial charge in [-0.2, -0.15) is 0 Å². The Labute approximate surface area is 143 Å². The first-order chi connectivity index (χ1) is 11.2. The van der Waals surface area contributed by atoms with Crippen LogP contribution in [-0.2, 0) is 9.47 Å². The summed E-state index contributed by atoms with van der Waals surface area (Å²) in [6.07, 6.45) is 1.79. The number of carbonyl (C=O) groups excluding carboxylic acids is 1. The molecular weight excluding hydrogens is 360 g/mol. The number of ether oxygens (including phenoxy) is 2. The largest absolute Gasteiger partial charge is 0.350 e. The normalized spacial score (nSPS) is 20.5. The average molecular weight is 379 g/mol. The zero-order valence-corrected chi connectivity index (χ0v) is 14.3. The third-order valence-electron chi connectivity index (χ3n) is 4.67. The van der Waals surface area contributed by atoms with E-state index >= 15 is 0 Å². The fraction of sp³-hybridized carbons (Fsp3) is 0.471. The van der Waals surface area contributed by atoms with Crippen molar-refractivity contribution in [1.82, 2.24) is 9.88 Å². The topological polar surface area (TPSA) is 54.6 Å². The molecular formula is C17H19BrN2O3. The van der Waals surface area contributed by atoms with Crippen LogP contribution in [0.5, 0.6) is 0 Å². The van der Waals surface area contributed by atoms with Crippen molar-refractivity contribution in [3.63, 3.8) is 0 Å². The molecule has 0 aliphatic carbocycles. The highest BCUT2D eigenvalue weighted by Gasteiger charge is 2.32. The van der Waals surface area contributed by atoms with Crippen LogP contribution in [0, 0.1) is 5.92 Å². The van der Waals surface area contributed by atoms with Crippen molar-refractivity contribution < 1.29 is 14.3 Å². The van der Waals surface area contributed by atoms with E-state index in [1.807, 2.05) is 29.2 Å². The SMILES string of the molecule is O=C(c1cc2ccc(Br)cc2[nH]1)N1CCC(C2OCCO2)CC1. The number of likely N-dealkylation sites (tertiary alicyclic amines) is 1. The van der Waals surface area contributed by atoms with Gasteiger partial charge in [-0.3, -0.25) is 4.79 Å². The van der Waals surface area contributed by atoms with Gasteiger partial charge in [0, 0.05) is 34.4 Å². The molecule has 0 unspecified atom stereocenters. The van der Waals surface area contributed by atoms with Crippen molar-refractivity contribution in [1.29, 1.82) is 0 Å². The number of aromatic amines is 1. The molecule has 1 aromatic heterocycles. The van der Waals surface area contributed by atoms with Gasteiger partial charge >= 0.3 is 0 Å². The minimum Gasteiger partial charge on any atom is -0.350 e.